The van der Waals surface area contributed by atoms with Crippen LogP contribution in [-0.4, -0.2) is 22.5 Å². The lowest BCUT2D eigenvalue weighted by atomic mass is 10.0. The van der Waals surface area contributed by atoms with Gasteiger partial charge in [0.15, 0.2) is 5.65 Å². The van der Waals surface area contributed by atoms with Crippen molar-refractivity contribution in [3.05, 3.63) is 41.0 Å². The zero-order chi connectivity index (χ0) is 16.0. The van der Waals surface area contributed by atoms with Crippen molar-refractivity contribution in [2.75, 3.05) is 18.0 Å². The van der Waals surface area contributed by atoms with E-state index >= 15 is 0 Å². The summed E-state index contributed by atoms with van der Waals surface area (Å²) in [4.78, 5) is 7.22. The molecule has 4 rings (SSSR count). The maximum Gasteiger partial charge on any atom is 0.157 e. The molecule has 0 bridgehead atoms. The Bertz CT molecular complexity index is 946. The molecule has 0 radical (unpaired) electrons. The molecule has 0 spiro atoms. The van der Waals surface area contributed by atoms with E-state index < -0.39 is 0 Å². The summed E-state index contributed by atoms with van der Waals surface area (Å²) in [6.07, 6.45) is 3.39. The second kappa shape index (κ2) is 5.27. The third-order valence-corrected chi connectivity index (χ3v) is 4.92. The van der Waals surface area contributed by atoms with E-state index in [0.29, 0.717) is 0 Å². The highest BCUT2D eigenvalue weighted by atomic mass is 15.3. The lowest BCUT2D eigenvalue weighted by molar-refractivity contribution is 0.729. The molecule has 4 heteroatoms. The van der Waals surface area contributed by atoms with E-state index in [9.17, 15) is 5.26 Å². The molecular formula is C19H20N4. The van der Waals surface area contributed by atoms with Crippen molar-refractivity contribution in [1.82, 2.24) is 9.38 Å². The number of aromatic nitrogens is 2. The van der Waals surface area contributed by atoms with Crippen LogP contribution in [0, 0.1) is 18.3 Å². The number of rotatable bonds is 3. The van der Waals surface area contributed by atoms with Gasteiger partial charge in [-0.1, -0.05) is 25.5 Å². The molecular weight excluding hydrogens is 284 g/mol. The van der Waals surface area contributed by atoms with Gasteiger partial charge < -0.3 is 4.90 Å². The number of anilines is 1. The van der Waals surface area contributed by atoms with E-state index in [4.69, 9.17) is 4.98 Å². The van der Waals surface area contributed by atoms with Crippen molar-refractivity contribution in [1.29, 1.82) is 5.26 Å². The quantitative estimate of drug-likeness (QED) is 0.738. The van der Waals surface area contributed by atoms with Gasteiger partial charge in [0, 0.05) is 13.1 Å². The molecule has 0 saturated heterocycles. The van der Waals surface area contributed by atoms with Gasteiger partial charge in [-0.05, 0) is 43.0 Å². The fourth-order valence-corrected chi connectivity index (χ4v) is 3.71. The summed E-state index contributed by atoms with van der Waals surface area (Å²) >= 11 is 0. The number of hydrogen-bond acceptors (Lipinski definition) is 3. The fourth-order valence-electron chi connectivity index (χ4n) is 3.71. The van der Waals surface area contributed by atoms with Gasteiger partial charge in [-0.25, -0.2) is 4.98 Å². The number of benzene rings is 1. The second-order valence-corrected chi connectivity index (χ2v) is 6.26. The number of nitriles is 1. The lowest BCUT2D eigenvalue weighted by Gasteiger charge is -2.21. The van der Waals surface area contributed by atoms with Crippen LogP contribution in [-0.2, 0) is 6.42 Å². The van der Waals surface area contributed by atoms with Crippen LogP contribution in [0.15, 0.2) is 24.3 Å². The van der Waals surface area contributed by atoms with Gasteiger partial charge in [0.1, 0.15) is 11.9 Å². The first kappa shape index (κ1) is 14.1. The van der Waals surface area contributed by atoms with Crippen molar-refractivity contribution >= 4 is 22.5 Å². The molecule has 3 aromatic rings. The Hall–Kier alpha value is -2.54. The standard InChI is InChI=1S/C19H20N4/c1-3-4-10-22-11-9-14-13(2)15(12-20)18-21-16-7-5-6-8-17(16)23(18)19(14)22/h5-8H,3-4,9-11H2,1-2H3. The van der Waals surface area contributed by atoms with E-state index in [2.05, 4.69) is 35.3 Å². The molecule has 23 heavy (non-hydrogen) atoms. The number of fused-ring (bicyclic) bond motifs is 5. The van der Waals surface area contributed by atoms with Gasteiger partial charge >= 0.3 is 0 Å². The molecule has 3 heterocycles. The van der Waals surface area contributed by atoms with Gasteiger partial charge in [0.25, 0.3) is 0 Å². The number of hydrogen-bond donors (Lipinski definition) is 0. The van der Waals surface area contributed by atoms with E-state index in [-0.39, 0.29) is 0 Å². The Morgan fingerprint density at radius 1 is 1.30 bits per heavy atom. The van der Waals surface area contributed by atoms with Gasteiger partial charge in [0.05, 0.1) is 16.6 Å². The Kier molecular flexibility index (Phi) is 3.23. The minimum Gasteiger partial charge on any atom is -0.357 e. The number of unbranched alkanes of at least 4 members (excludes halogenated alkanes) is 1. The van der Waals surface area contributed by atoms with Crippen molar-refractivity contribution in [3.8, 4) is 6.07 Å². The van der Waals surface area contributed by atoms with Crippen LogP contribution in [0.5, 0.6) is 0 Å². The summed E-state index contributed by atoms with van der Waals surface area (Å²) in [5.74, 6) is 1.25. The number of para-hydroxylation sites is 2. The van der Waals surface area contributed by atoms with Gasteiger partial charge in [-0.15, -0.1) is 0 Å². The van der Waals surface area contributed by atoms with Crippen LogP contribution in [0.3, 0.4) is 0 Å². The predicted molar refractivity (Wildman–Crippen MR) is 93.0 cm³/mol. The molecule has 0 amide bonds. The summed E-state index contributed by atoms with van der Waals surface area (Å²) in [5.41, 5.74) is 5.99. The molecule has 2 aromatic heterocycles. The molecule has 0 aliphatic carbocycles. The van der Waals surface area contributed by atoms with Crippen molar-refractivity contribution in [2.24, 2.45) is 0 Å². The minimum atomic E-state index is 0.720. The van der Waals surface area contributed by atoms with Crippen LogP contribution in [0.25, 0.3) is 16.7 Å². The van der Waals surface area contributed by atoms with Crippen molar-refractivity contribution in [3.63, 3.8) is 0 Å². The predicted octanol–water partition coefficient (Wildman–Crippen LogP) is 3.83. The molecule has 0 unspecified atom stereocenters. The van der Waals surface area contributed by atoms with Gasteiger partial charge in [0.2, 0.25) is 0 Å². The largest absolute Gasteiger partial charge is 0.357 e. The SMILES string of the molecule is CCCCN1CCc2c(C)c(C#N)c3nc4ccccc4n3c21. The summed E-state index contributed by atoms with van der Waals surface area (Å²) in [7, 11) is 0. The summed E-state index contributed by atoms with van der Waals surface area (Å²) in [6.45, 7) is 6.40. The van der Waals surface area contributed by atoms with Gasteiger partial charge in [-0.3, -0.25) is 4.40 Å². The molecule has 0 fully saturated rings. The Morgan fingerprint density at radius 3 is 2.91 bits per heavy atom. The first-order chi connectivity index (χ1) is 11.3. The Labute approximate surface area is 136 Å². The minimum absolute atomic E-state index is 0.720. The van der Waals surface area contributed by atoms with E-state index in [0.717, 1.165) is 47.3 Å². The first-order valence-corrected chi connectivity index (χ1v) is 8.34. The van der Waals surface area contributed by atoms with Crippen LogP contribution >= 0.6 is 0 Å². The highest BCUT2D eigenvalue weighted by Gasteiger charge is 2.28. The van der Waals surface area contributed by atoms with E-state index in [1.165, 1.54) is 24.2 Å². The highest BCUT2D eigenvalue weighted by molar-refractivity contribution is 5.86. The van der Waals surface area contributed by atoms with Crippen LogP contribution in [0.1, 0.15) is 36.5 Å². The third-order valence-electron chi connectivity index (χ3n) is 4.92. The fraction of sp³-hybridized carbons (Fsp3) is 0.368. The monoisotopic (exact) mass is 304 g/mol. The van der Waals surface area contributed by atoms with Crippen LogP contribution in [0.4, 0.5) is 5.82 Å². The molecule has 0 N–H and O–H groups in total. The zero-order valence-electron chi connectivity index (χ0n) is 13.6. The smallest absolute Gasteiger partial charge is 0.157 e. The maximum absolute atomic E-state index is 9.66. The normalized spacial score (nSPS) is 13.7. The summed E-state index contributed by atoms with van der Waals surface area (Å²) in [6, 6.07) is 10.6. The van der Waals surface area contributed by atoms with Gasteiger partial charge in [-0.2, -0.15) is 5.26 Å². The molecule has 116 valence electrons. The van der Waals surface area contributed by atoms with Crippen LogP contribution < -0.4 is 4.90 Å². The number of pyridine rings is 1. The first-order valence-electron chi connectivity index (χ1n) is 8.34. The topological polar surface area (TPSA) is 44.3 Å². The summed E-state index contributed by atoms with van der Waals surface area (Å²) < 4.78 is 2.21. The molecule has 1 aromatic carbocycles. The molecule has 1 aliphatic heterocycles. The molecule has 1 aliphatic rings. The Balaban J connectivity index is 2.10. The van der Waals surface area contributed by atoms with E-state index in [1.54, 1.807) is 0 Å². The van der Waals surface area contributed by atoms with Crippen LogP contribution in [0.2, 0.25) is 0 Å². The van der Waals surface area contributed by atoms with E-state index in [1.807, 2.05) is 18.2 Å². The molecule has 4 nitrogen and oxygen atoms in total. The lowest BCUT2D eigenvalue weighted by Crippen LogP contribution is -2.23. The Morgan fingerprint density at radius 2 is 2.13 bits per heavy atom. The van der Waals surface area contributed by atoms with Crippen molar-refractivity contribution in [2.45, 2.75) is 33.1 Å². The molecule has 0 atom stereocenters. The number of imidazole rings is 1. The second-order valence-electron chi connectivity index (χ2n) is 6.26. The third kappa shape index (κ3) is 1.93. The zero-order valence-corrected chi connectivity index (χ0v) is 13.6. The average molecular weight is 304 g/mol. The average Bonchev–Trinajstić information content (AvgIpc) is 3.14. The van der Waals surface area contributed by atoms with Crippen molar-refractivity contribution < 1.29 is 0 Å². The number of nitrogens with zero attached hydrogens (tertiary/aromatic N) is 4. The maximum atomic E-state index is 9.66. The highest BCUT2D eigenvalue weighted by Crippen LogP contribution is 2.36. The summed E-state index contributed by atoms with van der Waals surface area (Å²) in [5, 5.41) is 9.66. The molecule has 0 saturated carbocycles.